The first-order chi connectivity index (χ1) is 16.2. The van der Waals surface area contributed by atoms with Crippen molar-refractivity contribution in [3.8, 4) is 0 Å². The summed E-state index contributed by atoms with van der Waals surface area (Å²) in [7, 11) is 0. The molecule has 0 spiro atoms. The highest BCUT2D eigenvalue weighted by Gasteiger charge is 2.15. The molecule has 1 aromatic heterocycles. The smallest absolute Gasteiger partial charge is 0.252 e. The number of likely N-dealkylation sites (tertiary alicyclic amines) is 1. The summed E-state index contributed by atoms with van der Waals surface area (Å²) in [5.74, 6) is 0.0767. The molecule has 1 amide bonds. The predicted octanol–water partition coefficient (Wildman–Crippen LogP) is 4.29. The highest BCUT2D eigenvalue weighted by atomic mass is 16.2. The summed E-state index contributed by atoms with van der Waals surface area (Å²) in [6, 6.07) is 23.9. The third-order valence-electron chi connectivity index (χ3n) is 6.47. The molecule has 2 aromatic carbocycles. The summed E-state index contributed by atoms with van der Waals surface area (Å²) in [6.45, 7) is 4.21. The van der Waals surface area contributed by atoms with E-state index in [0.29, 0.717) is 18.7 Å². The van der Waals surface area contributed by atoms with E-state index in [9.17, 15) is 9.59 Å². The molecular weight excluding hydrogens is 410 g/mol. The maximum absolute atomic E-state index is 12.8. The third-order valence-corrected chi connectivity index (χ3v) is 6.47. The summed E-state index contributed by atoms with van der Waals surface area (Å²) in [6.07, 6.45) is 6.25. The lowest BCUT2D eigenvalue weighted by Gasteiger charge is -2.26. The van der Waals surface area contributed by atoms with Gasteiger partial charge in [0.1, 0.15) is 0 Å². The van der Waals surface area contributed by atoms with E-state index in [0.717, 1.165) is 26.1 Å². The number of hydrogen-bond acceptors (Lipinski definition) is 3. The first kappa shape index (κ1) is 23.0. The second-order valence-corrected chi connectivity index (χ2v) is 8.77. The highest BCUT2D eigenvalue weighted by Crippen LogP contribution is 2.27. The van der Waals surface area contributed by atoms with Gasteiger partial charge in [0, 0.05) is 37.8 Å². The zero-order chi connectivity index (χ0) is 22.9. The quantitative estimate of drug-likeness (QED) is 0.537. The van der Waals surface area contributed by atoms with Crippen molar-refractivity contribution in [1.82, 2.24) is 14.8 Å². The Hall–Kier alpha value is -3.18. The summed E-state index contributed by atoms with van der Waals surface area (Å²) in [5, 5.41) is 3.06. The summed E-state index contributed by atoms with van der Waals surface area (Å²) in [4.78, 5) is 27.5. The lowest BCUT2D eigenvalue weighted by atomic mass is 9.88. The van der Waals surface area contributed by atoms with Crippen LogP contribution in [-0.4, -0.2) is 41.6 Å². The molecule has 0 radical (unpaired) electrons. The van der Waals surface area contributed by atoms with E-state index in [1.165, 1.54) is 36.5 Å². The minimum atomic E-state index is -0.137. The summed E-state index contributed by atoms with van der Waals surface area (Å²) in [5.41, 5.74) is 2.95. The Balaban J connectivity index is 1.37. The van der Waals surface area contributed by atoms with Gasteiger partial charge in [0.25, 0.3) is 11.5 Å². The van der Waals surface area contributed by atoms with Gasteiger partial charge in [-0.1, -0.05) is 67.1 Å². The molecular formula is C28H33N3O2. The molecule has 1 saturated heterocycles. The van der Waals surface area contributed by atoms with E-state index in [-0.39, 0.29) is 17.4 Å². The van der Waals surface area contributed by atoms with Gasteiger partial charge in [-0.15, -0.1) is 0 Å². The summed E-state index contributed by atoms with van der Waals surface area (Å²) >= 11 is 0. The number of carbonyl (C=O) groups excluding carboxylic acids is 1. The number of nitrogens with one attached hydrogen (secondary N) is 1. The van der Waals surface area contributed by atoms with E-state index in [1.807, 2.05) is 12.1 Å². The molecule has 4 rings (SSSR count). The third kappa shape index (κ3) is 6.42. The van der Waals surface area contributed by atoms with Gasteiger partial charge in [0.15, 0.2) is 0 Å². The van der Waals surface area contributed by atoms with Crippen LogP contribution in [0.15, 0.2) is 83.8 Å². The Labute approximate surface area is 196 Å². The van der Waals surface area contributed by atoms with Crippen molar-refractivity contribution >= 4 is 5.91 Å². The average Bonchev–Trinajstić information content (AvgIpc) is 2.87. The van der Waals surface area contributed by atoms with Crippen LogP contribution in [0.1, 0.15) is 53.1 Å². The van der Waals surface area contributed by atoms with Crippen molar-refractivity contribution in [2.24, 2.45) is 0 Å². The average molecular weight is 444 g/mol. The molecule has 1 aliphatic heterocycles. The second kappa shape index (κ2) is 11.6. The molecule has 5 heteroatoms. The Kier molecular flexibility index (Phi) is 8.09. The van der Waals surface area contributed by atoms with Crippen molar-refractivity contribution in [3.05, 3.63) is 106 Å². The molecule has 33 heavy (non-hydrogen) atoms. The molecule has 0 unspecified atom stereocenters. The van der Waals surface area contributed by atoms with Gasteiger partial charge in [-0.25, -0.2) is 0 Å². The second-order valence-electron chi connectivity index (χ2n) is 8.77. The number of hydrogen-bond donors (Lipinski definition) is 1. The van der Waals surface area contributed by atoms with Crippen molar-refractivity contribution in [1.29, 1.82) is 0 Å². The topological polar surface area (TPSA) is 54.3 Å². The van der Waals surface area contributed by atoms with Crippen LogP contribution in [0.2, 0.25) is 0 Å². The molecule has 3 aromatic rings. The van der Waals surface area contributed by atoms with Crippen LogP contribution in [0.3, 0.4) is 0 Å². The molecule has 0 atom stereocenters. The van der Waals surface area contributed by atoms with Crippen molar-refractivity contribution in [2.75, 3.05) is 26.2 Å². The number of aromatic nitrogens is 1. The molecule has 5 nitrogen and oxygen atoms in total. The van der Waals surface area contributed by atoms with Gasteiger partial charge in [-0.3, -0.25) is 9.59 Å². The van der Waals surface area contributed by atoms with Gasteiger partial charge in [0.2, 0.25) is 0 Å². The maximum Gasteiger partial charge on any atom is 0.252 e. The minimum absolute atomic E-state index is 0.0585. The number of benzene rings is 2. The van der Waals surface area contributed by atoms with Crippen LogP contribution in [0.25, 0.3) is 0 Å². The van der Waals surface area contributed by atoms with Gasteiger partial charge < -0.3 is 14.8 Å². The zero-order valence-corrected chi connectivity index (χ0v) is 19.2. The molecule has 1 fully saturated rings. The predicted molar refractivity (Wildman–Crippen MR) is 133 cm³/mol. The lowest BCUT2D eigenvalue weighted by Crippen LogP contribution is -2.35. The van der Waals surface area contributed by atoms with Crippen LogP contribution in [0.5, 0.6) is 0 Å². The molecule has 172 valence electrons. The molecule has 0 saturated carbocycles. The maximum atomic E-state index is 12.8. The van der Waals surface area contributed by atoms with Crippen molar-refractivity contribution in [2.45, 2.75) is 38.1 Å². The molecule has 2 heterocycles. The fourth-order valence-electron chi connectivity index (χ4n) is 4.60. The first-order valence-electron chi connectivity index (χ1n) is 12.0. The standard InChI is InChI=1S/C28H33N3O2/c32-27-15-14-25(22-31(27)21-20-30-18-8-3-9-19-30)28(33)29-17-16-26(23-10-4-1-5-11-23)24-12-6-2-7-13-24/h1-2,4-7,10-15,22,26H,3,8-9,16-21H2,(H,29,33). The van der Waals surface area contributed by atoms with Crippen molar-refractivity contribution < 1.29 is 4.79 Å². The fourth-order valence-corrected chi connectivity index (χ4v) is 4.60. The van der Waals surface area contributed by atoms with Gasteiger partial charge in [0.05, 0.1) is 5.56 Å². The number of pyridine rings is 1. The Morgan fingerprint density at radius 1 is 0.818 bits per heavy atom. The van der Waals surface area contributed by atoms with E-state index in [2.05, 4.69) is 58.7 Å². The summed E-state index contributed by atoms with van der Waals surface area (Å²) < 4.78 is 1.67. The van der Waals surface area contributed by atoms with Gasteiger partial charge in [-0.05, 0) is 49.5 Å². The Morgan fingerprint density at radius 3 is 2.09 bits per heavy atom. The Morgan fingerprint density at radius 2 is 1.45 bits per heavy atom. The largest absolute Gasteiger partial charge is 0.352 e. The SMILES string of the molecule is O=C(NCCC(c1ccccc1)c1ccccc1)c1ccc(=O)n(CCN2CCCCC2)c1. The van der Waals surface area contributed by atoms with E-state index in [4.69, 9.17) is 0 Å². The highest BCUT2D eigenvalue weighted by molar-refractivity contribution is 5.93. The van der Waals surface area contributed by atoms with Gasteiger partial charge >= 0.3 is 0 Å². The van der Waals surface area contributed by atoms with Gasteiger partial charge in [-0.2, -0.15) is 0 Å². The monoisotopic (exact) mass is 443 g/mol. The Bertz CT molecular complexity index is 1030. The minimum Gasteiger partial charge on any atom is -0.352 e. The molecule has 1 aliphatic rings. The van der Waals surface area contributed by atoms with E-state index in [1.54, 1.807) is 16.8 Å². The zero-order valence-electron chi connectivity index (χ0n) is 19.2. The van der Waals surface area contributed by atoms with Crippen molar-refractivity contribution in [3.63, 3.8) is 0 Å². The van der Waals surface area contributed by atoms with Crippen LogP contribution in [-0.2, 0) is 6.54 Å². The molecule has 1 N–H and O–H groups in total. The number of nitrogens with zero attached hydrogens (tertiary/aromatic N) is 2. The number of piperidine rings is 1. The fraction of sp³-hybridized carbons (Fsp3) is 0.357. The molecule has 0 bridgehead atoms. The van der Waals surface area contributed by atoms with E-state index >= 15 is 0 Å². The van der Waals surface area contributed by atoms with Crippen LogP contribution < -0.4 is 10.9 Å². The lowest BCUT2D eigenvalue weighted by molar-refractivity contribution is 0.0951. The van der Waals surface area contributed by atoms with Crippen LogP contribution in [0.4, 0.5) is 0 Å². The normalized spacial score (nSPS) is 14.3. The van der Waals surface area contributed by atoms with E-state index < -0.39 is 0 Å². The van der Waals surface area contributed by atoms with Crippen LogP contribution >= 0.6 is 0 Å². The number of amides is 1. The van der Waals surface area contributed by atoms with Crippen LogP contribution in [0, 0.1) is 0 Å². The number of carbonyl (C=O) groups is 1. The molecule has 0 aliphatic carbocycles. The number of rotatable bonds is 9. The first-order valence-corrected chi connectivity index (χ1v) is 12.0.